The number of nitrogens with one attached hydrogen (secondary N) is 1. The highest BCUT2D eigenvalue weighted by molar-refractivity contribution is 9.09. The Morgan fingerprint density at radius 3 is 2.85 bits per heavy atom. The van der Waals surface area contributed by atoms with E-state index in [4.69, 9.17) is 0 Å². The van der Waals surface area contributed by atoms with E-state index in [2.05, 4.69) is 28.2 Å². The van der Waals surface area contributed by atoms with E-state index < -0.39 is 6.04 Å². The van der Waals surface area contributed by atoms with E-state index in [9.17, 15) is 9.59 Å². The first-order valence-electron chi connectivity index (χ1n) is 7.19. The van der Waals surface area contributed by atoms with Crippen molar-refractivity contribution in [3.05, 3.63) is 35.4 Å². The third-order valence-electron chi connectivity index (χ3n) is 3.67. The van der Waals surface area contributed by atoms with E-state index in [0.29, 0.717) is 6.42 Å². The highest BCUT2D eigenvalue weighted by Gasteiger charge is 2.34. The van der Waals surface area contributed by atoms with Crippen molar-refractivity contribution in [1.82, 2.24) is 5.32 Å². The second kappa shape index (κ2) is 7.02. The van der Waals surface area contributed by atoms with Crippen molar-refractivity contribution >= 4 is 27.6 Å². The van der Waals surface area contributed by atoms with Gasteiger partial charge in [0, 0.05) is 16.8 Å². The summed E-state index contributed by atoms with van der Waals surface area (Å²) in [6, 6.07) is 7.17. The Balaban J connectivity index is 2.02. The van der Waals surface area contributed by atoms with Gasteiger partial charge in [0.25, 0.3) is 0 Å². The van der Waals surface area contributed by atoms with Gasteiger partial charge in [-0.25, -0.2) is 0 Å². The summed E-state index contributed by atoms with van der Waals surface area (Å²) in [4.78, 5) is 24.3. The SMILES string of the molecule is CCCCCC(=O)NC1C(=O)c2ccccc2CC1Br. The summed E-state index contributed by atoms with van der Waals surface area (Å²) < 4.78 is 0. The van der Waals surface area contributed by atoms with E-state index in [1.807, 2.05) is 24.3 Å². The van der Waals surface area contributed by atoms with Crippen LogP contribution in [0.25, 0.3) is 0 Å². The molecule has 0 aliphatic heterocycles. The lowest BCUT2D eigenvalue weighted by atomic mass is 9.87. The maximum Gasteiger partial charge on any atom is 0.220 e. The van der Waals surface area contributed by atoms with Gasteiger partial charge in [0.05, 0.1) is 0 Å². The number of benzene rings is 1. The molecule has 0 spiro atoms. The molecule has 108 valence electrons. The quantitative estimate of drug-likeness (QED) is 0.662. The van der Waals surface area contributed by atoms with Gasteiger partial charge in [-0.1, -0.05) is 60.0 Å². The number of hydrogen-bond acceptors (Lipinski definition) is 2. The molecule has 0 bridgehead atoms. The van der Waals surface area contributed by atoms with E-state index >= 15 is 0 Å². The molecule has 0 aromatic heterocycles. The van der Waals surface area contributed by atoms with Crippen molar-refractivity contribution in [2.45, 2.75) is 49.9 Å². The van der Waals surface area contributed by atoms with Crippen LogP contribution in [0.3, 0.4) is 0 Å². The van der Waals surface area contributed by atoms with Gasteiger partial charge in [0.2, 0.25) is 5.91 Å². The zero-order valence-electron chi connectivity index (χ0n) is 11.7. The fraction of sp³-hybridized carbons (Fsp3) is 0.500. The van der Waals surface area contributed by atoms with Crippen molar-refractivity contribution in [2.24, 2.45) is 0 Å². The average molecular weight is 338 g/mol. The molecule has 0 saturated carbocycles. The molecule has 0 saturated heterocycles. The number of amides is 1. The van der Waals surface area contributed by atoms with Gasteiger partial charge in [-0.3, -0.25) is 9.59 Å². The van der Waals surface area contributed by atoms with E-state index in [-0.39, 0.29) is 16.5 Å². The molecule has 1 aliphatic rings. The molecular formula is C16H20BrNO2. The van der Waals surface area contributed by atoms with Crippen molar-refractivity contribution in [1.29, 1.82) is 0 Å². The molecule has 1 aliphatic carbocycles. The summed E-state index contributed by atoms with van der Waals surface area (Å²) in [6.07, 6.45) is 4.28. The van der Waals surface area contributed by atoms with Crippen LogP contribution in [-0.2, 0) is 11.2 Å². The first kappa shape index (κ1) is 15.2. The van der Waals surface area contributed by atoms with Crippen LogP contribution in [0.5, 0.6) is 0 Å². The molecular weight excluding hydrogens is 318 g/mol. The fourth-order valence-electron chi connectivity index (χ4n) is 2.54. The van der Waals surface area contributed by atoms with Crippen LogP contribution < -0.4 is 5.32 Å². The standard InChI is InChI=1S/C16H20BrNO2/c1-2-3-4-9-14(19)18-15-13(17)10-11-7-5-6-8-12(11)16(15)20/h5-8,13,15H,2-4,9-10H2,1H3,(H,18,19). The highest BCUT2D eigenvalue weighted by atomic mass is 79.9. The molecule has 2 rings (SSSR count). The Hall–Kier alpha value is -1.16. The molecule has 4 heteroatoms. The van der Waals surface area contributed by atoms with Crippen LogP contribution in [0, 0.1) is 0 Å². The molecule has 3 nitrogen and oxygen atoms in total. The number of halogens is 1. The lowest BCUT2D eigenvalue weighted by Crippen LogP contribution is -2.49. The zero-order chi connectivity index (χ0) is 14.5. The highest BCUT2D eigenvalue weighted by Crippen LogP contribution is 2.26. The minimum Gasteiger partial charge on any atom is -0.345 e. The Bertz CT molecular complexity index is 501. The predicted molar refractivity (Wildman–Crippen MR) is 83.3 cm³/mol. The number of fused-ring (bicyclic) bond motifs is 1. The number of carbonyl (C=O) groups is 2. The summed E-state index contributed by atoms with van der Waals surface area (Å²) in [5.41, 5.74) is 1.79. The molecule has 1 aromatic rings. The molecule has 2 unspecified atom stereocenters. The number of ketones is 1. The monoisotopic (exact) mass is 337 g/mol. The van der Waals surface area contributed by atoms with Crippen molar-refractivity contribution in [3.8, 4) is 0 Å². The van der Waals surface area contributed by atoms with Crippen LogP contribution in [0.4, 0.5) is 0 Å². The van der Waals surface area contributed by atoms with Crippen LogP contribution in [0.2, 0.25) is 0 Å². The minimum atomic E-state index is -0.445. The summed E-state index contributed by atoms with van der Waals surface area (Å²) in [6.45, 7) is 2.11. The number of carbonyl (C=O) groups excluding carboxylic acids is 2. The average Bonchev–Trinajstić information content (AvgIpc) is 2.44. The maximum absolute atomic E-state index is 12.4. The largest absolute Gasteiger partial charge is 0.345 e. The van der Waals surface area contributed by atoms with Gasteiger partial charge < -0.3 is 5.32 Å². The van der Waals surface area contributed by atoms with Crippen LogP contribution in [-0.4, -0.2) is 22.6 Å². The van der Waals surface area contributed by atoms with Gasteiger partial charge >= 0.3 is 0 Å². The number of Topliss-reactive ketones (excluding diaryl/α,β-unsaturated/α-hetero) is 1. The molecule has 2 atom stereocenters. The Kier molecular flexibility index (Phi) is 5.35. The Morgan fingerprint density at radius 2 is 2.10 bits per heavy atom. The molecule has 0 fully saturated rings. The fourth-order valence-corrected chi connectivity index (χ4v) is 3.26. The first-order valence-corrected chi connectivity index (χ1v) is 8.10. The third-order valence-corrected chi connectivity index (χ3v) is 4.52. The van der Waals surface area contributed by atoms with E-state index in [1.54, 1.807) is 0 Å². The summed E-state index contributed by atoms with van der Waals surface area (Å²) >= 11 is 3.54. The maximum atomic E-state index is 12.4. The molecule has 0 radical (unpaired) electrons. The van der Waals surface area contributed by atoms with Gasteiger partial charge in [-0.2, -0.15) is 0 Å². The second-order valence-corrected chi connectivity index (χ2v) is 6.42. The first-order chi connectivity index (χ1) is 9.63. The molecule has 1 N–H and O–H groups in total. The molecule has 1 amide bonds. The van der Waals surface area contributed by atoms with Gasteiger partial charge in [0.1, 0.15) is 6.04 Å². The van der Waals surface area contributed by atoms with Crippen LogP contribution >= 0.6 is 15.9 Å². The van der Waals surface area contributed by atoms with Crippen LogP contribution in [0.1, 0.15) is 48.5 Å². The lowest BCUT2D eigenvalue weighted by Gasteiger charge is -2.28. The van der Waals surface area contributed by atoms with E-state index in [1.165, 1.54) is 0 Å². The van der Waals surface area contributed by atoms with Gasteiger partial charge in [-0.15, -0.1) is 0 Å². The summed E-state index contributed by atoms with van der Waals surface area (Å²) in [5, 5.41) is 2.88. The zero-order valence-corrected chi connectivity index (χ0v) is 13.3. The molecule has 1 aromatic carbocycles. The lowest BCUT2D eigenvalue weighted by molar-refractivity contribution is -0.121. The second-order valence-electron chi connectivity index (χ2n) is 5.24. The van der Waals surface area contributed by atoms with E-state index in [0.717, 1.165) is 36.8 Å². The van der Waals surface area contributed by atoms with Crippen LogP contribution in [0.15, 0.2) is 24.3 Å². The Morgan fingerprint density at radius 1 is 1.35 bits per heavy atom. The van der Waals surface area contributed by atoms with Gasteiger partial charge in [-0.05, 0) is 18.4 Å². The Labute approximate surface area is 128 Å². The predicted octanol–water partition coefficient (Wildman–Crippen LogP) is 3.25. The molecule has 20 heavy (non-hydrogen) atoms. The number of hydrogen-bond donors (Lipinski definition) is 1. The summed E-state index contributed by atoms with van der Waals surface area (Å²) in [7, 11) is 0. The van der Waals surface area contributed by atoms with Crippen molar-refractivity contribution in [3.63, 3.8) is 0 Å². The van der Waals surface area contributed by atoms with Gasteiger partial charge in [0.15, 0.2) is 5.78 Å². The topological polar surface area (TPSA) is 46.2 Å². The number of rotatable bonds is 5. The third kappa shape index (κ3) is 3.48. The minimum absolute atomic E-state index is 0.0116. The summed E-state index contributed by atoms with van der Waals surface area (Å²) in [5.74, 6) is -0.0156. The smallest absolute Gasteiger partial charge is 0.220 e. The van der Waals surface area contributed by atoms with Crippen molar-refractivity contribution in [2.75, 3.05) is 0 Å². The molecule has 0 heterocycles. The normalized spacial score (nSPS) is 21.4. The number of alkyl halides is 1. The van der Waals surface area contributed by atoms with Crippen molar-refractivity contribution < 1.29 is 9.59 Å². The number of unbranched alkanes of at least 4 members (excludes halogenated alkanes) is 2.